The molecule has 2 rings (SSSR count). The molecule has 0 N–H and O–H groups in total. The van der Waals surface area contributed by atoms with Crippen LogP contribution in [0.15, 0.2) is 0 Å². The highest BCUT2D eigenvalue weighted by atomic mass is 16.6. The third-order valence-corrected chi connectivity index (χ3v) is 6.59. The van der Waals surface area contributed by atoms with E-state index in [9.17, 15) is 4.79 Å². The second kappa shape index (κ2) is 24.6. The van der Waals surface area contributed by atoms with E-state index in [-0.39, 0.29) is 12.2 Å². The van der Waals surface area contributed by atoms with Crippen LogP contribution in [-0.2, 0) is 18.9 Å². The highest BCUT2D eigenvalue weighted by Gasteiger charge is 2.18. The first-order chi connectivity index (χ1) is 19.0. The third-order valence-electron chi connectivity index (χ3n) is 6.59. The summed E-state index contributed by atoms with van der Waals surface area (Å²) in [6.45, 7) is 32.4. The van der Waals surface area contributed by atoms with Crippen LogP contribution in [0.2, 0.25) is 0 Å². The van der Waals surface area contributed by atoms with E-state index >= 15 is 0 Å². The number of piperazine rings is 1. The number of hydrogen-bond donors (Lipinski definition) is 0. The standard InChI is InChI=1S/C13H28N2O.C10H21NO2.C8H17NO2/c1-12(2)15-9-7-14(8-10-15)6-5-11-16-13(3)4;1-10(2)13-7-3-4-11-5-8-12-9-6-11;1-5-6-9(4)8(10)11-7(2)3/h12-13H,5-11H2,1-4H3;10H,3-9H2,1-2H3;7H,5-6H2,1-4H3. The smallest absolute Gasteiger partial charge is 0.409 e. The van der Waals surface area contributed by atoms with Crippen LogP contribution in [0, 0.1) is 0 Å². The van der Waals surface area contributed by atoms with Crippen LogP contribution in [0.1, 0.15) is 81.6 Å². The molecule has 9 heteroatoms. The minimum Gasteiger partial charge on any atom is -0.447 e. The van der Waals surface area contributed by atoms with Crippen molar-refractivity contribution in [1.82, 2.24) is 19.6 Å². The SMILES string of the molecule is CC(C)OCCCN1CCN(C(C)C)CC1.CC(C)OCCCN1CCOCC1.CCCN(C)C(=O)OC(C)C. The van der Waals surface area contributed by atoms with Crippen LogP contribution in [0.4, 0.5) is 4.79 Å². The van der Waals surface area contributed by atoms with Gasteiger partial charge in [0.1, 0.15) is 0 Å². The number of amides is 1. The average molecular weight is 575 g/mol. The number of carbonyl (C=O) groups is 1. The van der Waals surface area contributed by atoms with E-state index in [1.165, 1.54) is 39.1 Å². The summed E-state index contributed by atoms with van der Waals surface area (Å²) < 4.78 is 21.3. The molecule has 0 unspecified atom stereocenters. The summed E-state index contributed by atoms with van der Waals surface area (Å²) in [6.07, 6.45) is 3.74. The number of nitrogens with zero attached hydrogens (tertiary/aromatic N) is 4. The molecule has 0 aromatic carbocycles. The quantitative estimate of drug-likeness (QED) is 0.273. The summed E-state index contributed by atoms with van der Waals surface area (Å²) in [5, 5.41) is 0. The molecule has 0 aromatic heterocycles. The van der Waals surface area contributed by atoms with E-state index in [4.69, 9.17) is 18.9 Å². The molecule has 2 saturated heterocycles. The van der Waals surface area contributed by atoms with Gasteiger partial charge in [-0.1, -0.05) is 6.92 Å². The second-order valence-corrected chi connectivity index (χ2v) is 11.8. The Morgan fingerprint density at radius 2 is 1.23 bits per heavy atom. The van der Waals surface area contributed by atoms with Gasteiger partial charge in [0.25, 0.3) is 0 Å². The van der Waals surface area contributed by atoms with Crippen molar-refractivity contribution >= 4 is 6.09 Å². The van der Waals surface area contributed by atoms with E-state index in [1.807, 2.05) is 20.8 Å². The molecule has 2 aliphatic rings. The molecule has 1 amide bonds. The maximum atomic E-state index is 11.0. The lowest BCUT2D eigenvalue weighted by atomic mass is 10.2. The zero-order chi connectivity index (χ0) is 30.3. The Kier molecular flexibility index (Phi) is 24.0. The van der Waals surface area contributed by atoms with E-state index < -0.39 is 0 Å². The summed E-state index contributed by atoms with van der Waals surface area (Å²) in [4.78, 5) is 20.2. The fourth-order valence-corrected chi connectivity index (χ4v) is 4.26. The van der Waals surface area contributed by atoms with Gasteiger partial charge in [-0.2, -0.15) is 0 Å². The first-order valence-corrected chi connectivity index (χ1v) is 15.9. The summed E-state index contributed by atoms with van der Waals surface area (Å²) >= 11 is 0. The van der Waals surface area contributed by atoms with Gasteiger partial charge >= 0.3 is 6.09 Å². The second-order valence-electron chi connectivity index (χ2n) is 11.8. The van der Waals surface area contributed by atoms with Crippen LogP contribution in [-0.4, -0.2) is 142 Å². The molecule has 0 aromatic rings. The van der Waals surface area contributed by atoms with Gasteiger partial charge in [-0.05, 0) is 74.7 Å². The van der Waals surface area contributed by atoms with Crippen molar-refractivity contribution in [2.45, 2.75) is 106 Å². The fourth-order valence-electron chi connectivity index (χ4n) is 4.26. The predicted molar refractivity (Wildman–Crippen MR) is 166 cm³/mol. The van der Waals surface area contributed by atoms with Crippen molar-refractivity contribution in [3.63, 3.8) is 0 Å². The molecule has 2 heterocycles. The molecular formula is C31H66N4O5. The summed E-state index contributed by atoms with van der Waals surface area (Å²) in [5.74, 6) is 0. The molecule has 0 saturated carbocycles. The Hall–Kier alpha value is -0.970. The molecule has 0 bridgehead atoms. The maximum absolute atomic E-state index is 11.0. The van der Waals surface area contributed by atoms with Crippen molar-refractivity contribution in [1.29, 1.82) is 0 Å². The molecular weight excluding hydrogens is 508 g/mol. The number of rotatable bonds is 14. The summed E-state index contributed by atoms with van der Waals surface area (Å²) in [6, 6.07) is 0.700. The van der Waals surface area contributed by atoms with Crippen molar-refractivity contribution in [3.8, 4) is 0 Å². The van der Waals surface area contributed by atoms with Gasteiger partial charge in [0.2, 0.25) is 0 Å². The van der Waals surface area contributed by atoms with Gasteiger partial charge < -0.3 is 28.7 Å². The molecule has 9 nitrogen and oxygen atoms in total. The summed E-state index contributed by atoms with van der Waals surface area (Å²) in [5.41, 5.74) is 0. The molecule has 40 heavy (non-hydrogen) atoms. The van der Waals surface area contributed by atoms with Crippen molar-refractivity contribution in [2.24, 2.45) is 0 Å². The Bertz CT molecular complexity index is 578. The molecule has 2 fully saturated rings. The minimum atomic E-state index is -0.234. The van der Waals surface area contributed by atoms with Crippen LogP contribution >= 0.6 is 0 Å². The monoisotopic (exact) mass is 575 g/mol. The van der Waals surface area contributed by atoms with Gasteiger partial charge in [-0.3, -0.25) is 9.80 Å². The van der Waals surface area contributed by atoms with Crippen LogP contribution in [0.25, 0.3) is 0 Å². The van der Waals surface area contributed by atoms with Gasteiger partial charge in [0.15, 0.2) is 0 Å². The van der Waals surface area contributed by atoms with E-state index in [0.29, 0.717) is 18.2 Å². The number of carbonyl (C=O) groups excluding carboxylic acids is 1. The first-order valence-electron chi connectivity index (χ1n) is 15.9. The van der Waals surface area contributed by atoms with Crippen LogP contribution < -0.4 is 0 Å². The minimum absolute atomic E-state index is 0.0261. The van der Waals surface area contributed by atoms with Crippen molar-refractivity contribution in [3.05, 3.63) is 0 Å². The van der Waals surface area contributed by atoms with Crippen molar-refractivity contribution < 1.29 is 23.7 Å². The van der Waals surface area contributed by atoms with E-state index in [0.717, 1.165) is 65.4 Å². The molecule has 0 atom stereocenters. The van der Waals surface area contributed by atoms with Gasteiger partial charge in [0, 0.05) is 85.2 Å². The summed E-state index contributed by atoms with van der Waals surface area (Å²) in [7, 11) is 1.74. The van der Waals surface area contributed by atoms with Crippen LogP contribution in [0.3, 0.4) is 0 Å². The highest BCUT2D eigenvalue weighted by molar-refractivity contribution is 5.67. The van der Waals surface area contributed by atoms with Gasteiger partial charge in [0.05, 0.1) is 31.5 Å². The third kappa shape index (κ3) is 22.7. The van der Waals surface area contributed by atoms with Crippen molar-refractivity contribution in [2.75, 3.05) is 92.4 Å². The Morgan fingerprint density at radius 3 is 1.62 bits per heavy atom. The molecule has 240 valence electrons. The fraction of sp³-hybridized carbons (Fsp3) is 0.968. The number of ether oxygens (including phenoxy) is 4. The Balaban J connectivity index is 0.000000582. The van der Waals surface area contributed by atoms with Crippen LogP contribution in [0.5, 0.6) is 0 Å². The normalized spacial score (nSPS) is 17.1. The highest BCUT2D eigenvalue weighted by Crippen LogP contribution is 2.06. The molecule has 2 aliphatic heterocycles. The first kappa shape index (κ1) is 39.0. The molecule has 0 aliphatic carbocycles. The van der Waals surface area contributed by atoms with Gasteiger partial charge in [-0.15, -0.1) is 0 Å². The Morgan fingerprint density at radius 1 is 0.750 bits per heavy atom. The zero-order valence-corrected chi connectivity index (χ0v) is 28.0. The lowest BCUT2D eigenvalue weighted by Crippen LogP contribution is -2.49. The maximum Gasteiger partial charge on any atom is 0.409 e. The van der Waals surface area contributed by atoms with E-state index in [1.54, 1.807) is 11.9 Å². The number of morpholine rings is 1. The molecule has 0 spiro atoms. The Labute approximate surface area is 247 Å². The topological polar surface area (TPSA) is 67.0 Å². The van der Waals surface area contributed by atoms with E-state index in [2.05, 4.69) is 56.2 Å². The lowest BCUT2D eigenvalue weighted by molar-refractivity contribution is 0.0266. The molecule has 0 radical (unpaired) electrons. The number of hydrogen-bond acceptors (Lipinski definition) is 8. The lowest BCUT2D eigenvalue weighted by Gasteiger charge is -2.36. The largest absolute Gasteiger partial charge is 0.447 e. The predicted octanol–water partition coefficient (Wildman–Crippen LogP) is 4.83. The zero-order valence-electron chi connectivity index (χ0n) is 28.0. The average Bonchev–Trinajstić information content (AvgIpc) is 2.90. The van der Waals surface area contributed by atoms with Gasteiger partial charge in [-0.25, -0.2) is 4.79 Å².